The molecule has 1 unspecified atom stereocenters. The van der Waals surface area contributed by atoms with E-state index in [-0.39, 0.29) is 11.3 Å². The molecule has 1 aliphatic heterocycles. The van der Waals surface area contributed by atoms with Crippen LogP contribution in [0.15, 0.2) is 66.2 Å². The van der Waals surface area contributed by atoms with Crippen LogP contribution in [0, 0.1) is 0 Å². The Morgan fingerprint density at radius 2 is 1.80 bits per heavy atom. The minimum Gasteiger partial charge on any atom is -0.507 e. The van der Waals surface area contributed by atoms with Crippen molar-refractivity contribution in [2.24, 2.45) is 0 Å². The quantitative estimate of drug-likeness (QED) is 0.133. The number of aliphatic hydroxyl groups is 1. The second-order valence-electron chi connectivity index (χ2n) is 8.99. The Balaban J connectivity index is 1.67. The molecule has 1 fully saturated rings. The predicted molar refractivity (Wildman–Crippen MR) is 156 cm³/mol. The van der Waals surface area contributed by atoms with Gasteiger partial charge in [-0.05, 0) is 73.5 Å². The SMILES string of the molecule is CCCOc1ccc(C(O)=C2C(=O)C(=O)N(c3nc4ccc(Cl)cc4s3)C2c2ccc(OCC)c(OC)c2)cc1. The first-order valence-corrected chi connectivity index (χ1v) is 14.0. The monoisotopic (exact) mass is 578 g/mol. The number of amides is 1. The molecular weight excluding hydrogens is 552 g/mol. The largest absolute Gasteiger partial charge is 0.507 e. The van der Waals surface area contributed by atoms with E-state index in [1.807, 2.05) is 13.8 Å². The summed E-state index contributed by atoms with van der Waals surface area (Å²) in [5, 5.41) is 12.3. The molecule has 0 spiro atoms. The van der Waals surface area contributed by atoms with E-state index in [9.17, 15) is 14.7 Å². The number of carbonyl (C=O) groups excluding carboxylic acids is 2. The van der Waals surface area contributed by atoms with Crippen LogP contribution in [0.1, 0.15) is 37.4 Å². The maximum absolute atomic E-state index is 13.6. The minimum absolute atomic E-state index is 0.0595. The van der Waals surface area contributed by atoms with Gasteiger partial charge in [0.15, 0.2) is 16.6 Å². The summed E-state index contributed by atoms with van der Waals surface area (Å²) in [4.78, 5) is 33.1. The van der Waals surface area contributed by atoms with E-state index in [1.165, 1.54) is 23.3 Å². The van der Waals surface area contributed by atoms with E-state index >= 15 is 0 Å². The molecule has 0 saturated carbocycles. The Bertz CT molecular complexity index is 1610. The van der Waals surface area contributed by atoms with Crippen molar-refractivity contribution in [1.82, 2.24) is 4.98 Å². The predicted octanol–water partition coefficient (Wildman–Crippen LogP) is 6.77. The van der Waals surface area contributed by atoms with E-state index in [0.29, 0.717) is 57.3 Å². The molecule has 10 heteroatoms. The van der Waals surface area contributed by atoms with Gasteiger partial charge in [-0.2, -0.15) is 0 Å². The number of methoxy groups -OCH3 is 1. The highest BCUT2D eigenvalue weighted by atomic mass is 35.5. The molecule has 3 aromatic carbocycles. The Morgan fingerprint density at radius 3 is 2.50 bits per heavy atom. The number of rotatable bonds is 9. The number of thiazole rings is 1. The average molecular weight is 579 g/mol. The molecule has 1 aromatic heterocycles. The van der Waals surface area contributed by atoms with Crippen LogP contribution >= 0.6 is 22.9 Å². The van der Waals surface area contributed by atoms with Gasteiger partial charge in [0, 0.05) is 10.6 Å². The van der Waals surface area contributed by atoms with Gasteiger partial charge in [-0.1, -0.05) is 35.9 Å². The zero-order chi connectivity index (χ0) is 28.4. The second kappa shape index (κ2) is 11.6. The molecule has 1 amide bonds. The fourth-order valence-corrected chi connectivity index (χ4v) is 5.82. The van der Waals surface area contributed by atoms with Gasteiger partial charge in [0.05, 0.1) is 42.2 Å². The summed E-state index contributed by atoms with van der Waals surface area (Å²) in [6, 6.07) is 16.2. The topological polar surface area (TPSA) is 98.2 Å². The minimum atomic E-state index is -0.975. The lowest BCUT2D eigenvalue weighted by atomic mass is 9.95. The van der Waals surface area contributed by atoms with Crippen molar-refractivity contribution in [3.63, 3.8) is 0 Å². The molecule has 0 radical (unpaired) electrons. The van der Waals surface area contributed by atoms with Gasteiger partial charge < -0.3 is 19.3 Å². The summed E-state index contributed by atoms with van der Waals surface area (Å²) in [7, 11) is 1.51. The number of hydrogen-bond acceptors (Lipinski definition) is 8. The summed E-state index contributed by atoms with van der Waals surface area (Å²) >= 11 is 7.41. The molecule has 0 bridgehead atoms. The number of ether oxygens (including phenoxy) is 3. The number of ketones is 1. The highest BCUT2D eigenvalue weighted by Gasteiger charge is 2.48. The summed E-state index contributed by atoms with van der Waals surface area (Å²) in [5.74, 6) is -0.336. The van der Waals surface area contributed by atoms with Crippen LogP contribution in [0.25, 0.3) is 16.0 Å². The van der Waals surface area contributed by atoms with Gasteiger partial charge in [-0.25, -0.2) is 4.98 Å². The van der Waals surface area contributed by atoms with Gasteiger partial charge in [-0.3, -0.25) is 14.5 Å². The van der Waals surface area contributed by atoms with Gasteiger partial charge in [-0.15, -0.1) is 0 Å². The molecule has 206 valence electrons. The molecule has 1 N–H and O–H groups in total. The smallest absolute Gasteiger partial charge is 0.301 e. The summed E-state index contributed by atoms with van der Waals surface area (Å²) in [5.41, 5.74) is 1.50. The average Bonchev–Trinajstić information content (AvgIpc) is 3.49. The van der Waals surface area contributed by atoms with Crippen molar-refractivity contribution < 1.29 is 28.9 Å². The summed E-state index contributed by atoms with van der Waals surface area (Å²) < 4.78 is 17.6. The molecule has 1 saturated heterocycles. The molecule has 0 aliphatic carbocycles. The molecule has 1 aliphatic rings. The molecule has 2 heterocycles. The van der Waals surface area contributed by atoms with Crippen LogP contribution in [-0.4, -0.2) is 42.1 Å². The van der Waals surface area contributed by atoms with Crippen molar-refractivity contribution in [2.45, 2.75) is 26.3 Å². The second-order valence-corrected chi connectivity index (χ2v) is 10.4. The third-order valence-electron chi connectivity index (χ3n) is 6.39. The van der Waals surface area contributed by atoms with Crippen molar-refractivity contribution in [3.8, 4) is 17.2 Å². The van der Waals surface area contributed by atoms with E-state index in [4.69, 9.17) is 25.8 Å². The van der Waals surface area contributed by atoms with E-state index in [1.54, 1.807) is 60.7 Å². The lowest BCUT2D eigenvalue weighted by Gasteiger charge is -2.24. The third-order valence-corrected chi connectivity index (χ3v) is 7.65. The first kappa shape index (κ1) is 27.5. The molecular formula is C30H27ClN2O6S. The zero-order valence-corrected chi connectivity index (χ0v) is 23.7. The maximum Gasteiger partial charge on any atom is 0.301 e. The van der Waals surface area contributed by atoms with Gasteiger partial charge >= 0.3 is 5.91 Å². The van der Waals surface area contributed by atoms with E-state index < -0.39 is 17.7 Å². The number of fused-ring (bicyclic) bond motifs is 1. The van der Waals surface area contributed by atoms with Crippen LogP contribution in [0.2, 0.25) is 5.02 Å². The number of aliphatic hydroxyl groups excluding tert-OH is 1. The lowest BCUT2D eigenvalue weighted by Crippen LogP contribution is -2.29. The number of halogens is 1. The van der Waals surface area contributed by atoms with Crippen molar-refractivity contribution in [1.29, 1.82) is 0 Å². The van der Waals surface area contributed by atoms with E-state index in [2.05, 4.69) is 4.98 Å². The molecule has 5 rings (SSSR count). The number of Topliss-reactive ketones (excluding diaryl/α,β-unsaturated/α-hetero) is 1. The number of anilines is 1. The Labute approximate surface area is 240 Å². The van der Waals surface area contributed by atoms with Crippen LogP contribution in [0.3, 0.4) is 0 Å². The van der Waals surface area contributed by atoms with Gasteiger partial charge in [0.25, 0.3) is 5.78 Å². The standard InChI is InChI=1S/C30H27ClN2O6S/c1-4-14-39-20-10-6-17(7-11-20)27(34)25-26(18-8-13-22(38-5-2)23(15-18)37-3)33(29(36)28(25)35)30-32-21-12-9-19(31)16-24(21)40-30/h6-13,15-16,26,34H,4-5,14H2,1-3H3. The number of benzene rings is 3. The fraction of sp³-hybridized carbons (Fsp3) is 0.233. The molecule has 4 aromatic rings. The highest BCUT2D eigenvalue weighted by Crippen LogP contribution is 2.46. The molecule has 1 atom stereocenters. The van der Waals surface area contributed by atoms with Gasteiger partial charge in [0.1, 0.15) is 11.5 Å². The zero-order valence-electron chi connectivity index (χ0n) is 22.1. The first-order chi connectivity index (χ1) is 19.4. The summed E-state index contributed by atoms with van der Waals surface area (Å²) in [6.07, 6.45) is 0.856. The van der Waals surface area contributed by atoms with Crippen molar-refractivity contribution >= 4 is 55.7 Å². The van der Waals surface area contributed by atoms with Crippen LogP contribution in [0.4, 0.5) is 5.13 Å². The lowest BCUT2D eigenvalue weighted by molar-refractivity contribution is -0.132. The third kappa shape index (κ3) is 5.10. The van der Waals surface area contributed by atoms with Crippen molar-refractivity contribution in [3.05, 3.63) is 82.4 Å². The van der Waals surface area contributed by atoms with Crippen LogP contribution in [-0.2, 0) is 9.59 Å². The Morgan fingerprint density at radius 1 is 1.02 bits per heavy atom. The number of hydrogen-bond donors (Lipinski definition) is 1. The number of nitrogens with zero attached hydrogens (tertiary/aromatic N) is 2. The normalized spacial score (nSPS) is 16.5. The van der Waals surface area contributed by atoms with E-state index in [0.717, 1.165) is 11.1 Å². The van der Waals surface area contributed by atoms with Crippen molar-refractivity contribution in [2.75, 3.05) is 25.2 Å². The number of aromatic nitrogens is 1. The van der Waals surface area contributed by atoms with Gasteiger partial charge in [0.2, 0.25) is 0 Å². The Kier molecular flexibility index (Phi) is 7.95. The molecule has 8 nitrogen and oxygen atoms in total. The molecule has 40 heavy (non-hydrogen) atoms. The fourth-order valence-electron chi connectivity index (χ4n) is 4.55. The Hall–Kier alpha value is -4.08. The first-order valence-electron chi connectivity index (χ1n) is 12.8. The number of carbonyl (C=O) groups is 2. The highest BCUT2D eigenvalue weighted by molar-refractivity contribution is 7.22. The maximum atomic E-state index is 13.6. The van der Waals surface area contributed by atoms with Crippen LogP contribution < -0.4 is 19.1 Å². The van der Waals surface area contributed by atoms with Crippen LogP contribution in [0.5, 0.6) is 17.2 Å². The summed E-state index contributed by atoms with van der Waals surface area (Å²) in [6.45, 7) is 4.86.